The molecule has 0 bridgehead atoms. The Kier molecular flexibility index (Phi) is 4.11. The first kappa shape index (κ1) is 13.8. The van der Waals surface area contributed by atoms with Crippen molar-refractivity contribution in [3.63, 3.8) is 0 Å². The summed E-state index contributed by atoms with van der Waals surface area (Å²) < 4.78 is 0. The van der Waals surface area contributed by atoms with Crippen LogP contribution >= 0.6 is 0 Å². The first-order chi connectivity index (χ1) is 8.32. The Balaban J connectivity index is 2.91. The Labute approximate surface area is 102 Å². The number of nitrogens with one attached hydrogen (secondary N) is 1. The molecule has 0 fully saturated rings. The monoisotopic (exact) mass is 255 g/mol. The van der Waals surface area contributed by atoms with Crippen LogP contribution in [0.25, 0.3) is 0 Å². The number of phenolic OH excluding ortho intramolecular Hbond substituents is 2. The molecule has 0 saturated carbocycles. The Morgan fingerprint density at radius 3 is 2.33 bits per heavy atom. The number of rotatable bonds is 4. The third-order valence-corrected chi connectivity index (χ3v) is 2.26. The van der Waals surface area contributed by atoms with Crippen molar-refractivity contribution in [1.29, 1.82) is 0 Å². The van der Waals surface area contributed by atoms with Gasteiger partial charge in [0.2, 0.25) is 0 Å². The summed E-state index contributed by atoms with van der Waals surface area (Å²) in [5, 5.41) is 38.5. The van der Waals surface area contributed by atoms with E-state index in [1.807, 2.05) is 0 Å². The third-order valence-electron chi connectivity index (χ3n) is 2.26. The van der Waals surface area contributed by atoms with Crippen molar-refractivity contribution in [2.45, 2.75) is 19.1 Å². The van der Waals surface area contributed by atoms with E-state index in [0.717, 1.165) is 12.1 Å². The van der Waals surface area contributed by atoms with Crippen LogP contribution < -0.4 is 5.32 Å². The van der Waals surface area contributed by atoms with E-state index in [-0.39, 0.29) is 11.3 Å². The number of carbonyl (C=O) groups excluding carboxylic acids is 1. The molecule has 1 aromatic carbocycles. The number of aliphatic carboxylic acids is 1. The molecule has 7 heteroatoms. The van der Waals surface area contributed by atoms with Crippen molar-refractivity contribution >= 4 is 11.9 Å². The van der Waals surface area contributed by atoms with Gasteiger partial charge in [-0.15, -0.1) is 0 Å². The fourth-order valence-corrected chi connectivity index (χ4v) is 1.32. The number of carboxylic acids is 1. The molecule has 0 aliphatic carbocycles. The Bertz CT molecular complexity index is 471. The van der Waals surface area contributed by atoms with Gasteiger partial charge in [-0.05, 0) is 19.1 Å². The number of carboxylic acid groups (broad SMARTS) is 1. The highest BCUT2D eigenvalue weighted by molar-refractivity contribution is 5.99. The second-order valence-electron chi connectivity index (χ2n) is 3.73. The maximum absolute atomic E-state index is 11.7. The quantitative estimate of drug-likeness (QED) is 0.501. The van der Waals surface area contributed by atoms with E-state index >= 15 is 0 Å². The van der Waals surface area contributed by atoms with E-state index in [1.165, 1.54) is 13.0 Å². The number of amides is 1. The fraction of sp³-hybridized carbons (Fsp3) is 0.273. The highest BCUT2D eigenvalue weighted by atomic mass is 16.4. The van der Waals surface area contributed by atoms with Crippen molar-refractivity contribution in [1.82, 2.24) is 5.32 Å². The summed E-state index contributed by atoms with van der Waals surface area (Å²) in [4.78, 5) is 22.4. The van der Waals surface area contributed by atoms with Crippen LogP contribution in [-0.4, -0.2) is 44.4 Å². The number of carbonyl (C=O) groups is 2. The molecule has 5 N–H and O–H groups in total. The van der Waals surface area contributed by atoms with Gasteiger partial charge in [-0.1, -0.05) is 0 Å². The lowest BCUT2D eigenvalue weighted by atomic mass is 10.1. The third kappa shape index (κ3) is 3.11. The summed E-state index contributed by atoms with van der Waals surface area (Å²) in [6, 6.07) is 1.78. The SMILES string of the molecule is C[C@@H](O)[C@H](NC(=O)c1ccc(O)cc1O)C(=O)O. The second kappa shape index (κ2) is 5.37. The Morgan fingerprint density at radius 1 is 1.28 bits per heavy atom. The highest BCUT2D eigenvalue weighted by Gasteiger charge is 2.26. The van der Waals surface area contributed by atoms with E-state index in [0.29, 0.717) is 0 Å². The van der Waals surface area contributed by atoms with Crippen LogP contribution in [0.3, 0.4) is 0 Å². The molecule has 18 heavy (non-hydrogen) atoms. The topological polar surface area (TPSA) is 127 Å². The van der Waals surface area contributed by atoms with Gasteiger partial charge in [0.1, 0.15) is 11.5 Å². The number of aliphatic hydroxyl groups is 1. The molecule has 0 heterocycles. The zero-order valence-corrected chi connectivity index (χ0v) is 9.49. The molecule has 7 nitrogen and oxygen atoms in total. The first-order valence-corrected chi connectivity index (χ1v) is 5.06. The summed E-state index contributed by atoms with van der Waals surface area (Å²) in [6.07, 6.45) is -1.29. The Hall–Kier alpha value is -2.28. The number of aromatic hydroxyl groups is 2. The molecule has 1 aromatic rings. The first-order valence-electron chi connectivity index (χ1n) is 5.06. The predicted molar refractivity (Wildman–Crippen MR) is 60.3 cm³/mol. The molecule has 1 amide bonds. The largest absolute Gasteiger partial charge is 0.508 e. The number of phenols is 2. The maximum atomic E-state index is 11.7. The van der Waals surface area contributed by atoms with Gasteiger partial charge in [-0.3, -0.25) is 4.79 Å². The summed E-state index contributed by atoms with van der Waals surface area (Å²) in [5.41, 5.74) is -0.195. The van der Waals surface area contributed by atoms with Gasteiger partial charge < -0.3 is 25.7 Å². The zero-order valence-electron chi connectivity index (χ0n) is 9.49. The summed E-state index contributed by atoms with van der Waals surface area (Å²) >= 11 is 0. The smallest absolute Gasteiger partial charge is 0.328 e. The van der Waals surface area contributed by atoms with Gasteiger partial charge >= 0.3 is 5.97 Å². The normalized spacial score (nSPS) is 13.7. The second-order valence-corrected chi connectivity index (χ2v) is 3.73. The summed E-state index contributed by atoms with van der Waals surface area (Å²) in [7, 11) is 0. The molecule has 0 aliphatic rings. The minimum atomic E-state index is -1.48. The van der Waals surface area contributed by atoms with Crippen molar-refractivity contribution in [3.8, 4) is 11.5 Å². The average Bonchev–Trinajstić information content (AvgIpc) is 2.24. The Morgan fingerprint density at radius 2 is 1.89 bits per heavy atom. The molecule has 0 aromatic heterocycles. The van der Waals surface area contributed by atoms with Crippen molar-refractivity contribution < 1.29 is 30.0 Å². The van der Waals surface area contributed by atoms with E-state index in [9.17, 15) is 19.8 Å². The molecule has 98 valence electrons. The lowest BCUT2D eigenvalue weighted by Crippen LogP contribution is -2.47. The summed E-state index contributed by atoms with van der Waals surface area (Å²) in [5.74, 6) is -2.96. The van der Waals surface area contributed by atoms with Crippen LogP contribution in [0.4, 0.5) is 0 Å². The van der Waals surface area contributed by atoms with E-state index in [2.05, 4.69) is 5.32 Å². The zero-order chi connectivity index (χ0) is 13.9. The van der Waals surface area contributed by atoms with Crippen LogP contribution in [0.15, 0.2) is 18.2 Å². The molecule has 0 spiro atoms. The van der Waals surface area contributed by atoms with Crippen molar-refractivity contribution in [2.75, 3.05) is 0 Å². The van der Waals surface area contributed by atoms with Crippen LogP contribution in [0.1, 0.15) is 17.3 Å². The van der Waals surface area contributed by atoms with Crippen LogP contribution in [-0.2, 0) is 4.79 Å². The van der Waals surface area contributed by atoms with Gasteiger partial charge in [0, 0.05) is 6.07 Å². The van der Waals surface area contributed by atoms with Gasteiger partial charge in [0.15, 0.2) is 6.04 Å². The van der Waals surface area contributed by atoms with E-state index in [1.54, 1.807) is 0 Å². The molecule has 0 saturated heterocycles. The molecule has 0 unspecified atom stereocenters. The summed E-state index contributed by atoms with van der Waals surface area (Å²) in [6.45, 7) is 1.22. The molecule has 1 rings (SSSR count). The van der Waals surface area contributed by atoms with Crippen LogP contribution in [0.5, 0.6) is 11.5 Å². The molecule has 0 radical (unpaired) electrons. The predicted octanol–water partition coefficient (Wildman–Crippen LogP) is -0.338. The number of benzene rings is 1. The van der Waals surface area contributed by atoms with Crippen LogP contribution in [0, 0.1) is 0 Å². The number of hydrogen-bond acceptors (Lipinski definition) is 5. The van der Waals surface area contributed by atoms with Crippen molar-refractivity contribution in [2.24, 2.45) is 0 Å². The molecular formula is C11H13NO6. The standard InChI is InChI=1S/C11H13NO6/c1-5(13)9(11(17)18)12-10(16)7-3-2-6(14)4-8(7)15/h2-5,9,13-15H,1H3,(H,12,16)(H,17,18)/t5-,9+/m1/s1. The van der Waals surface area contributed by atoms with E-state index < -0.39 is 29.8 Å². The minimum absolute atomic E-state index is 0.195. The lowest BCUT2D eigenvalue weighted by molar-refractivity contribution is -0.141. The average molecular weight is 255 g/mol. The lowest BCUT2D eigenvalue weighted by Gasteiger charge is -2.17. The number of hydrogen-bond donors (Lipinski definition) is 5. The number of aliphatic hydroxyl groups excluding tert-OH is 1. The van der Waals surface area contributed by atoms with Gasteiger partial charge in [-0.25, -0.2) is 4.79 Å². The molecule has 2 atom stereocenters. The van der Waals surface area contributed by atoms with E-state index in [4.69, 9.17) is 10.2 Å². The fourth-order valence-electron chi connectivity index (χ4n) is 1.32. The van der Waals surface area contributed by atoms with Gasteiger partial charge in [-0.2, -0.15) is 0 Å². The molecule has 0 aliphatic heterocycles. The maximum Gasteiger partial charge on any atom is 0.328 e. The van der Waals surface area contributed by atoms with Crippen LogP contribution in [0.2, 0.25) is 0 Å². The van der Waals surface area contributed by atoms with Crippen molar-refractivity contribution in [3.05, 3.63) is 23.8 Å². The van der Waals surface area contributed by atoms with Gasteiger partial charge in [0.25, 0.3) is 5.91 Å². The highest BCUT2D eigenvalue weighted by Crippen LogP contribution is 2.22. The molecular weight excluding hydrogens is 242 g/mol. The minimum Gasteiger partial charge on any atom is -0.508 e. The van der Waals surface area contributed by atoms with Gasteiger partial charge in [0.05, 0.1) is 11.7 Å².